The topological polar surface area (TPSA) is 53.5 Å². The largest absolute Gasteiger partial charge is 0.433 e. The number of sulfonamides is 1. The van der Waals surface area contributed by atoms with Gasteiger partial charge in [0.05, 0.1) is 6.26 Å². The summed E-state index contributed by atoms with van der Waals surface area (Å²) < 4.78 is 62.9. The van der Waals surface area contributed by atoms with Crippen LogP contribution in [0, 0.1) is 5.92 Å². The average Bonchev–Trinajstić information content (AvgIpc) is 2.78. The maximum absolute atomic E-state index is 12.6. The maximum Gasteiger partial charge on any atom is 0.433 e. The Hall–Kier alpha value is -1.19. The molecular formula is C15H20F3N3O2S. The summed E-state index contributed by atoms with van der Waals surface area (Å²) in [6.45, 7) is 2.22. The highest BCUT2D eigenvalue weighted by Crippen LogP contribution is 2.31. The summed E-state index contributed by atoms with van der Waals surface area (Å²) in [6, 6.07) is 2.54. The molecular weight excluding hydrogens is 343 g/mol. The minimum atomic E-state index is -4.43. The van der Waals surface area contributed by atoms with Crippen molar-refractivity contribution in [1.82, 2.24) is 14.2 Å². The molecule has 3 aliphatic rings. The van der Waals surface area contributed by atoms with Gasteiger partial charge >= 0.3 is 6.18 Å². The molecule has 4 rings (SSSR count). The van der Waals surface area contributed by atoms with E-state index in [1.165, 1.54) is 22.8 Å². The fourth-order valence-electron chi connectivity index (χ4n) is 3.52. The van der Waals surface area contributed by atoms with Crippen LogP contribution in [0.2, 0.25) is 0 Å². The minimum Gasteiger partial charge on any atom is -0.294 e. The van der Waals surface area contributed by atoms with Gasteiger partial charge in [0, 0.05) is 38.4 Å². The average molecular weight is 363 g/mol. The lowest BCUT2D eigenvalue weighted by Crippen LogP contribution is -2.43. The minimum absolute atomic E-state index is 0.0979. The zero-order valence-corrected chi connectivity index (χ0v) is 14.1. The van der Waals surface area contributed by atoms with Gasteiger partial charge in [0.1, 0.15) is 5.69 Å². The van der Waals surface area contributed by atoms with Crippen LogP contribution in [0.25, 0.3) is 0 Å². The van der Waals surface area contributed by atoms with Gasteiger partial charge in [-0.3, -0.25) is 9.88 Å². The molecule has 2 bridgehead atoms. The van der Waals surface area contributed by atoms with E-state index in [4.69, 9.17) is 0 Å². The number of aromatic nitrogens is 1. The first-order valence-electron chi connectivity index (χ1n) is 7.84. The predicted molar refractivity (Wildman–Crippen MR) is 82.6 cm³/mol. The van der Waals surface area contributed by atoms with Crippen molar-refractivity contribution >= 4 is 10.0 Å². The van der Waals surface area contributed by atoms with E-state index in [1.54, 1.807) is 0 Å². The smallest absolute Gasteiger partial charge is 0.294 e. The summed E-state index contributed by atoms with van der Waals surface area (Å²) in [5, 5.41) is 0. The van der Waals surface area contributed by atoms with E-state index in [0.717, 1.165) is 25.5 Å². The van der Waals surface area contributed by atoms with Crippen molar-refractivity contribution in [2.75, 3.05) is 25.9 Å². The molecule has 9 heteroatoms. The first-order valence-corrected chi connectivity index (χ1v) is 9.69. The maximum atomic E-state index is 12.6. The third-order valence-electron chi connectivity index (χ3n) is 4.76. The Labute approximate surface area is 139 Å². The molecule has 0 spiro atoms. The van der Waals surface area contributed by atoms with Gasteiger partial charge in [0.2, 0.25) is 10.0 Å². The van der Waals surface area contributed by atoms with E-state index < -0.39 is 21.9 Å². The van der Waals surface area contributed by atoms with E-state index in [9.17, 15) is 21.6 Å². The van der Waals surface area contributed by atoms with Gasteiger partial charge in [-0.15, -0.1) is 0 Å². The van der Waals surface area contributed by atoms with E-state index in [1.807, 2.05) is 0 Å². The lowest BCUT2D eigenvalue weighted by molar-refractivity contribution is -0.141. The summed E-state index contributed by atoms with van der Waals surface area (Å²) in [6.07, 6.45) is -0.0585. The Balaban J connectivity index is 1.72. The van der Waals surface area contributed by atoms with E-state index in [-0.39, 0.29) is 12.0 Å². The number of piperidine rings is 1. The third-order valence-corrected chi connectivity index (χ3v) is 6.00. The first-order chi connectivity index (χ1) is 11.1. The zero-order chi connectivity index (χ0) is 17.5. The second kappa shape index (κ2) is 6.27. The molecule has 0 N–H and O–H groups in total. The Kier molecular flexibility index (Phi) is 4.61. The number of rotatable bonds is 3. The van der Waals surface area contributed by atoms with Gasteiger partial charge in [-0.2, -0.15) is 13.2 Å². The standard InChI is InChI=1S/C15H20F3N3O2S/c1-24(22,23)21-9-12-2-4-13(10-21)20(8-12)7-11-3-5-14(19-6-11)15(16,17)18/h3,5-6,12-13H,2,4,7-10H2,1H3/t12-,13-/m0/s1. The fraction of sp³-hybridized carbons (Fsp3) is 0.667. The molecule has 4 heterocycles. The number of halogens is 3. The molecule has 0 saturated carbocycles. The van der Waals surface area contributed by atoms with Crippen LogP contribution in [0.3, 0.4) is 0 Å². The SMILES string of the molecule is CS(=O)(=O)N1C[C@H]2CC[C@@H](C1)N(Cc1ccc(C(F)(F)F)nc1)C2. The zero-order valence-electron chi connectivity index (χ0n) is 13.3. The summed E-state index contributed by atoms with van der Waals surface area (Å²) in [5.74, 6) is 0.265. The van der Waals surface area contributed by atoms with Gasteiger partial charge in [-0.25, -0.2) is 12.7 Å². The lowest BCUT2D eigenvalue weighted by Gasteiger charge is -2.36. The summed E-state index contributed by atoms with van der Waals surface area (Å²) >= 11 is 0. The number of hydrogen-bond acceptors (Lipinski definition) is 4. The monoisotopic (exact) mass is 363 g/mol. The Morgan fingerprint density at radius 1 is 1.21 bits per heavy atom. The molecule has 5 nitrogen and oxygen atoms in total. The van der Waals surface area contributed by atoms with Crippen LogP contribution in [0.5, 0.6) is 0 Å². The first kappa shape index (κ1) is 17.6. The van der Waals surface area contributed by atoms with Crippen molar-refractivity contribution in [3.8, 4) is 0 Å². The van der Waals surface area contributed by atoms with Crippen molar-refractivity contribution in [3.05, 3.63) is 29.6 Å². The number of nitrogens with zero attached hydrogens (tertiary/aromatic N) is 3. The highest BCUT2D eigenvalue weighted by molar-refractivity contribution is 7.88. The molecule has 1 aromatic heterocycles. The normalized spacial score (nSPS) is 26.5. The van der Waals surface area contributed by atoms with Crippen molar-refractivity contribution in [3.63, 3.8) is 0 Å². The Morgan fingerprint density at radius 2 is 1.96 bits per heavy atom. The highest BCUT2D eigenvalue weighted by Gasteiger charge is 2.38. The second-order valence-electron chi connectivity index (χ2n) is 6.66. The molecule has 3 saturated heterocycles. The molecule has 0 unspecified atom stereocenters. The molecule has 1 aromatic rings. The Bertz CT molecular complexity index is 691. The van der Waals surface area contributed by atoms with Crippen LogP contribution in [-0.2, 0) is 22.7 Å². The molecule has 24 heavy (non-hydrogen) atoms. The van der Waals surface area contributed by atoms with Gasteiger partial charge in [-0.1, -0.05) is 6.07 Å². The van der Waals surface area contributed by atoms with Crippen molar-refractivity contribution in [2.24, 2.45) is 5.92 Å². The molecule has 0 aliphatic carbocycles. The number of hydrogen-bond donors (Lipinski definition) is 0. The van der Waals surface area contributed by atoms with E-state index >= 15 is 0 Å². The van der Waals surface area contributed by atoms with Crippen molar-refractivity contribution in [1.29, 1.82) is 0 Å². The van der Waals surface area contributed by atoms with Crippen LogP contribution in [0.1, 0.15) is 24.1 Å². The quantitative estimate of drug-likeness (QED) is 0.824. The molecule has 0 aromatic carbocycles. The fourth-order valence-corrected chi connectivity index (χ4v) is 4.45. The second-order valence-corrected chi connectivity index (χ2v) is 8.64. The predicted octanol–water partition coefficient (Wildman–Crippen LogP) is 1.96. The lowest BCUT2D eigenvalue weighted by atomic mass is 9.94. The van der Waals surface area contributed by atoms with Crippen LogP contribution < -0.4 is 0 Å². The van der Waals surface area contributed by atoms with Crippen LogP contribution in [-0.4, -0.2) is 54.5 Å². The number of alkyl halides is 3. The summed E-state index contributed by atoms with van der Waals surface area (Å²) in [5.41, 5.74) is -0.187. The molecule has 2 atom stereocenters. The van der Waals surface area contributed by atoms with Crippen LogP contribution in [0.15, 0.2) is 18.3 Å². The molecule has 134 valence electrons. The van der Waals surface area contributed by atoms with Gasteiger partial charge in [-0.05, 0) is 30.4 Å². The Morgan fingerprint density at radius 3 is 2.54 bits per heavy atom. The van der Waals surface area contributed by atoms with Crippen LogP contribution in [0.4, 0.5) is 13.2 Å². The summed E-state index contributed by atoms with van der Waals surface area (Å²) in [4.78, 5) is 5.67. The van der Waals surface area contributed by atoms with Gasteiger partial charge < -0.3 is 0 Å². The van der Waals surface area contributed by atoms with E-state index in [2.05, 4.69) is 9.88 Å². The third kappa shape index (κ3) is 3.89. The van der Waals surface area contributed by atoms with Crippen molar-refractivity contribution in [2.45, 2.75) is 31.6 Å². The van der Waals surface area contributed by atoms with Crippen LogP contribution >= 0.6 is 0 Å². The molecule has 3 aliphatic heterocycles. The van der Waals surface area contributed by atoms with E-state index in [0.29, 0.717) is 25.2 Å². The highest BCUT2D eigenvalue weighted by atomic mass is 32.2. The number of pyridine rings is 1. The molecule has 3 fully saturated rings. The molecule has 0 amide bonds. The summed E-state index contributed by atoms with van der Waals surface area (Å²) in [7, 11) is -3.22. The van der Waals surface area contributed by atoms with Gasteiger partial charge in [0.15, 0.2) is 0 Å². The van der Waals surface area contributed by atoms with Gasteiger partial charge in [0.25, 0.3) is 0 Å². The van der Waals surface area contributed by atoms with Crippen molar-refractivity contribution < 1.29 is 21.6 Å². The molecule has 0 radical (unpaired) electrons. The number of fused-ring (bicyclic) bond motifs is 4.